The van der Waals surface area contributed by atoms with Crippen molar-refractivity contribution in [1.29, 1.82) is 0 Å². The Morgan fingerprint density at radius 1 is 1.41 bits per heavy atom. The van der Waals surface area contributed by atoms with Gasteiger partial charge in [-0.3, -0.25) is 9.69 Å². The number of aliphatic carboxylic acids is 1. The molecule has 1 fully saturated rings. The smallest absolute Gasteiger partial charge is 0.411 e. The molecule has 1 amide bonds. The Morgan fingerprint density at radius 2 is 2.06 bits per heavy atom. The number of carboxylic acid groups (broad SMARTS) is 1. The van der Waals surface area contributed by atoms with Gasteiger partial charge in [0.05, 0.1) is 6.04 Å². The lowest BCUT2D eigenvalue weighted by molar-refractivity contribution is -0.137. The number of carbonyl (C=O) groups is 2. The summed E-state index contributed by atoms with van der Waals surface area (Å²) in [6, 6.07) is 9.03. The van der Waals surface area contributed by atoms with E-state index in [0.717, 1.165) is 5.56 Å². The van der Waals surface area contributed by atoms with Crippen LogP contribution in [0.3, 0.4) is 0 Å². The van der Waals surface area contributed by atoms with Gasteiger partial charge in [0.1, 0.15) is 12.6 Å². The Kier molecular flexibility index (Phi) is 2.99. The summed E-state index contributed by atoms with van der Waals surface area (Å²) in [6.07, 6.45) is -0.975. The van der Waals surface area contributed by atoms with Crippen LogP contribution in [0.25, 0.3) is 0 Å². The molecule has 17 heavy (non-hydrogen) atoms. The van der Waals surface area contributed by atoms with E-state index in [0.29, 0.717) is 0 Å². The van der Waals surface area contributed by atoms with Crippen LogP contribution < -0.4 is 0 Å². The molecule has 0 spiro atoms. The molecular formula is C12H13NO4. The number of carbonyl (C=O) groups excluding carboxylic acids is 1. The van der Waals surface area contributed by atoms with E-state index < -0.39 is 18.2 Å². The van der Waals surface area contributed by atoms with Gasteiger partial charge in [-0.1, -0.05) is 30.3 Å². The third-order valence-corrected chi connectivity index (χ3v) is 2.83. The minimum Gasteiger partial charge on any atom is -0.480 e. The van der Waals surface area contributed by atoms with Crippen LogP contribution in [-0.2, 0) is 9.53 Å². The Labute approximate surface area is 98.6 Å². The monoisotopic (exact) mass is 235 g/mol. The molecule has 1 heterocycles. The molecule has 0 bridgehead atoms. The highest BCUT2D eigenvalue weighted by Gasteiger charge is 2.40. The van der Waals surface area contributed by atoms with Crippen molar-refractivity contribution in [1.82, 2.24) is 4.90 Å². The van der Waals surface area contributed by atoms with Crippen molar-refractivity contribution in [3.05, 3.63) is 35.9 Å². The molecule has 2 rings (SSSR count). The first-order chi connectivity index (χ1) is 8.09. The molecule has 2 atom stereocenters. The van der Waals surface area contributed by atoms with Crippen molar-refractivity contribution < 1.29 is 19.4 Å². The fraction of sp³-hybridized carbons (Fsp3) is 0.333. The standard InChI is InChI=1S/C12H13NO4/c1-8-11(9-5-3-2-4-6-9)17-12(16)13(8)7-10(14)15/h2-6,8,11H,7H2,1H3,(H,14,15). The van der Waals surface area contributed by atoms with E-state index in [1.807, 2.05) is 30.3 Å². The lowest BCUT2D eigenvalue weighted by Gasteiger charge is -2.18. The van der Waals surface area contributed by atoms with E-state index in [4.69, 9.17) is 9.84 Å². The zero-order chi connectivity index (χ0) is 12.4. The summed E-state index contributed by atoms with van der Waals surface area (Å²) in [5.74, 6) is -1.04. The third kappa shape index (κ3) is 2.22. The lowest BCUT2D eigenvalue weighted by Crippen LogP contribution is -2.36. The number of hydrogen-bond donors (Lipinski definition) is 1. The fourth-order valence-electron chi connectivity index (χ4n) is 1.95. The van der Waals surface area contributed by atoms with E-state index in [9.17, 15) is 9.59 Å². The minimum atomic E-state index is -1.04. The first kappa shape index (κ1) is 11.4. The molecule has 1 aromatic carbocycles. The summed E-state index contributed by atoms with van der Waals surface area (Å²) in [6.45, 7) is 1.45. The first-order valence-corrected chi connectivity index (χ1v) is 5.33. The van der Waals surface area contributed by atoms with Crippen molar-refractivity contribution in [2.45, 2.75) is 19.1 Å². The average Bonchev–Trinajstić information content (AvgIpc) is 2.58. The SMILES string of the molecule is CC1C(c2ccccc2)OC(=O)N1CC(=O)O. The van der Waals surface area contributed by atoms with Crippen molar-refractivity contribution in [2.75, 3.05) is 6.54 Å². The second kappa shape index (κ2) is 4.45. The van der Waals surface area contributed by atoms with E-state index >= 15 is 0 Å². The largest absolute Gasteiger partial charge is 0.480 e. The number of hydrogen-bond acceptors (Lipinski definition) is 3. The van der Waals surface area contributed by atoms with Gasteiger partial charge in [-0.15, -0.1) is 0 Å². The summed E-state index contributed by atoms with van der Waals surface area (Å²) >= 11 is 0. The number of benzene rings is 1. The molecule has 2 unspecified atom stereocenters. The molecule has 0 aromatic heterocycles. The van der Waals surface area contributed by atoms with Crippen molar-refractivity contribution >= 4 is 12.1 Å². The first-order valence-electron chi connectivity index (χ1n) is 5.33. The fourth-order valence-corrected chi connectivity index (χ4v) is 1.95. The summed E-state index contributed by atoms with van der Waals surface area (Å²) in [5, 5.41) is 8.72. The molecule has 90 valence electrons. The Morgan fingerprint density at radius 3 is 2.65 bits per heavy atom. The number of nitrogens with zero attached hydrogens (tertiary/aromatic N) is 1. The van der Waals surface area contributed by atoms with Gasteiger partial charge in [-0.2, -0.15) is 0 Å². The van der Waals surface area contributed by atoms with Crippen molar-refractivity contribution in [2.24, 2.45) is 0 Å². The predicted molar refractivity (Wildman–Crippen MR) is 59.5 cm³/mol. The van der Waals surface area contributed by atoms with Crippen LogP contribution in [0, 0.1) is 0 Å². The number of ether oxygens (including phenoxy) is 1. The maximum Gasteiger partial charge on any atom is 0.411 e. The van der Waals surface area contributed by atoms with Crippen molar-refractivity contribution in [3.8, 4) is 0 Å². The van der Waals surface area contributed by atoms with Crippen LogP contribution >= 0.6 is 0 Å². The Bertz CT molecular complexity index is 431. The van der Waals surface area contributed by atoms with Gasteiger partial charge >= 0.3 is 12.1 Å². The summed E-state index contributed by atoms with van der Waals surface area (Å²) in [4.78, 5) is 23.4. The highest BCUT2D eigenvalue weighted by molar-refractivity contribution is 5.78. The third-order valence-electron chi connectivity index (χ3n) is 2.83. The Balaban J connectivity index is 2.18. The Hall–Kier alpha value is -2.04. The zero-order valence-electron chi connectivity index (χ0n) is 9.37. The average molecular weight is 235 g/mol. The van der Waals surface area contributed by atoms with Gasteiger partial charge in [0, 0.05) is 0 Å². The normalized spacial score (nSPS) is 23.6. The molecule has 1 N–H and O–H groups in total. The van der Waals surface area contributed by atoms with Gasteiger partial charge in [0.25, 0.3) is 0 Å². The van der Waals surface area contributed by atoms with Gasteiger partial charge in [-0.05, 0) is 12.5 Å². The van der Waals surface area contributed by atoms with Crippen molar-refractivity contribution in [3.63, 3.8) is 0 Å². The van der Waals surface area contributed by atoms with Crippen LogP contribution in [-0.4, -0.2) is 34.7 Å². The molecule has 1 aliphatic heterocycles. The predicted octanol–water partition coefficient (Wildman–Crippen LogP) is 1.65. The molecule has 1 saturated heterocycles. The lowest BCUT2D eigenvalue weighted by atomic mass is 10.0. The maximum absolute atomic E-state index is 11.5. The summed E-state index contributed by atoms with van der Waals surface area (Å²) < 4.78 is 5.20. The van der Waals surface area contributed by atoms with Crippen LogP contribution in [0.15, 0.2) is 30.3 Å². The van der Waals surface area contributed by atoms with Crippen LogP contribution in [0.5, 0.6) is 0 Å². The molecule has 1 aliphatic rings. The van der Waals surface area contributed by atoms with Crippen LogP contribution in [0.1, 0.15) is 18.6 Å². The highest BCUT2D eigenvalue weighted by atomic mass is 16.6. The van der Waals surface area contributed by atoms with Gasteiger partial charge in [-0.25, -0.2) is 4.79 Å². The van der Waals surface area contributed by atoms with Gasteiger partial charge in [0.2, 0.25) is 0 Å². The highest BCUT2D eigenvalue weighted by Crippen LogP contribution is 2.31. The van der Waals surface area contributed by atoms with E-state index in [1.165, 1.54) is 4.90 Å². The summed E-state index contributed by atoms with van der Waals surface area (Å²) in [7, 11) is 0. The number of cyclic esters (lactones) is 1. The minimum absolute atomic E-state index is 0.277. The van der Waals surface area contributed by atoms with Gasteiger partial charge < -0.3 is 9.84 Å². The van der Waals surface area contributed by atoms with E-state index in [1.54, 1.807) is 6.92 Å². The summed E-state index contributed by atoms with van der Waals surface area (Å²) in [5.41, 5.74) is 0.876. The van der Waals surface area contributed by atoms with E-state index in [2.05, 4.69) is 0 Å². The second-order valence-electron chi connectivity index (χ2n) is 3.98. The quantitative estimate of drug-likeness (QED) is 0.865. The molecule has 5 heteroatoms. The molecule has 5 nitrogen and oxygen atoms in total. The van der Waals surface area contributed by atoms with Gasteiger partial charge in [0.15, 0.2) is 0 Å². The topological polar surface area (TPSA) is 66.8 Å². The van der Waals surface area contributed by atoms with Crippen LogP contribution in [0.4, 0.5) is 4.79 Å². The molecule has 1 aromatic rings. The second-order valence-corrected chi connectivity index (χ2v) is 3.98. The molecule has 0 radical (unpaired) electrons. The number of carboxylic acids is 1. The zero-order valence-corrected chi connectivity index (χ0v) is 9.37. The molecular weight excluding hydrogens is 222 g/mol. The van der Waals surface area contributed by atoms with E-state index in [-0.39, 0.29) is 12.6 Å². The molecule has 0 aliphatic carbocycles. The number of amides is 1. The maximum atomic E-state index is 11.5. The number of rotatable bonds is 3. The molecule has 0 saturated carbocycles. The van der Waals surface area contributed by atoms with Crippen LogP contribution in [0.2, 0.25) is 0 Å².